The molecular formula is C21H20N2O2. The summed E-state index contributed by atoms with van der Waals surface area (Å²) in [7, 11) is 0. The minimum absolute atomic E-state index is 0.0542. The summed E-state index contributed by atoms with van der Waals surface area (Å²) in [6.07, 6.45) is 3.50. The third-order valence-corrected chi connectivity index (χ3v) is 3.35. The van der Waals surface area contributed by atoms with E-state index in [-0.39, 0.29) is 5.57 Å². The molecule has 25 heavy (non-hydrogen) atoms. The summed E-state index contributed by atoms with van der Waals surface area (Å²) in [6, 6.07) is 18.7. The fraction of sp³-hybridized carbons (Fsp3) is 0.143. The molecule has 0 saturated heterocycles. The summed E-state index contributed by atoms with van der Waals surface area (Å²) in [5.74, 6) is 0.297. The van der Waals surface area contributed by atoms with Crippen LogP contribution in [0.2, 0.25) is 0 Å². The van der Waals surface area contributed by atoms with Crippen molar-refractivity contribution in [1.29, 1.82) is 5.26 Å². The normalized spacial score (nSPS) is 11.6. The van der Waals surface area contributed by atoms with Gasteiger partial charge in [0.2, 0.25) is 0 Å². The van der Waals surface area contributed by atoms with Gasteiger partial charge in [0.25, 0.3) is 5.91 Å². The molecule has 0 aliphatic carbocycles. The van der Waals surface area contributed by atoms with Crippen LogP contribution in [0, 0.1) is 11.3 Å². The van der Waals surface area contributed by atoms with Crippen LogP contribution in [-0.2, 0) is 4.79 Å². The second kappa shape index (κ2) is 9.09. The lowest BCUT2D eigenvalue weighted by molar-refractivity contribution is -0.112. The Bertz CT molecular complexity index is 813. The molecule has 0 spiro atoms. The fourth-order valence-corrected chi connectivity index (χ4v) is 2.23. The standard InChI is InChI=1S/C21H20N2O2/c1-3-25-20-11-9-19(10-12-20)23-21(24)18(15-22)14-16(2)13-17-7-5-4-6-8-17/h4-14H,3H2,1-2H3,(H,23,24). The highest BCUT2D eigenvalue weighted by Gasteiger charge is 2.09. The van der Waals surface area contributed by atoms with Crippen molar-refractivity contribution in [3.63, 3.8) is 0 Å². The Labute approximate surface area is 148 Å². The molecule has 1 N–H and O–H groups in total. The Hall–Kier alpha value is -3.32. The first-order valence-corrected chi connectivity index (χ1v) is 8.01. The Morgan fingerprint density at radius 2 is 1.84 bits per heavy atom. The van der Waals surface area contributed by atoms with Crippen LogP contribution >= 0.6 is 0 Å². The third-order valence-electron chi connectivity index (χ3n) is 3.35. The minimum Gasteiger partial charge on any atom is -0.494 e. The molecule has 126 valence electrons. The van der Waals surface area contributed by atoms with E-state index < -0.39 is 5.91 Å². The Kier molecular flexibility index (Phi) is 6.56. The second-order valence-electron chi connectivity index (χ2n) is 5.38. The van der Waals surface area contributed by atoms with Crippen molar-refractivity contribution in [2.75, 3.05) is 11.9 Å². The molecule has 0 aliphatic heterocycles. The van der Waals surface area contributed by atoms with E-state index in [1.54, 1.807) is 30.3 Å². The molecule has 0 unspecified atom stereocenters. The zero-order valence-corrected chi connectivity index (χ0v) is 14.3. The number of carbonyl (C=O) groups is 1. The average Bonchev–Trinajstić information content (AvgIpc) is 2.62. The Morgan fingerprint density at radius 3 is 2.44 bits per heavy atom. The van der Waals surface area contributed by atoms with Crippen LogP contribution in [0.3, 0.4) is 0 Å². The summed E-state index contributed by atoms with van der Waals surface area (Å²) < 4.78 is 5.36. The lowest BCUT2D eigenvalue weighted by Gasteiger charge is -2.06. The highest BCUT2D eigenvalue weighted by atomic mass is 16.5. The summed E-state index contributed by atoms with van der Waals surface area (Å²) >= 11 is 0. The van der Waals surface area contributed by atoms with E-state index in [2.05, 4.69) is 5.32 Å². The molecule has 0 atom stereocenters. The van der Waals surface area contributed by atoms with E-state index in [0.717, 1.165) is 16.9 Å². The maximum absolute atomic E-state index is 12.3. The molecule has 1 amide bonds. The molecule has 2 aromatic carbocycles. The van der Waals surface area contributed by atoms with Gasteiger partial charge in [0.05, 0.1) is 6.61 Å². The zero-order valence-electron chi connectivity index (χ0n) is 14.3. The first-order chi connectivity index (χ1) is 12.1. The molecule has 4 nitrogen and oxygen atoms in total. The minimum atomic E-state index is -0.438. The van der Waals surface area contributed by atoms with Gasteiger partial charge in [0.15, 0.2) is 0 Å². The lowest BCUT2D eigenvalue weighted by Crippen LogP contribution is -2.13. The summed E-state index contributed by atoms with van der Waals surface area (Å²) in [5.41, 5.74) is 2.50. The first kappa shape index (κ1) is 18.0. The number of amides is 1. The molecule has 0 fully saturated rings. The predicted molar refractivity (Wildman–Crippen MR) is 100 cm³/mol. The van der Waals surface area contributed by atoms with Gasteiger partial charge in [0, 0.05) is 5.69 Å². The maximum Gasteiger partial charge on any atom is 0.266 e. The topological polar surface area (TPSA) is 62.1 Å². The zero-order chi connectivity index (χ0) is 18.1. The molecule has 4 heteroatoms. The van der Waals surface area contributed by atoms with Gasteiger partial charge in [-0.05, 0) is 55.3 Å². The number of anilines is 1. The van der Waals surface area contributed by atoms with Gasteiger partial charge in [0.1, 0.15) is 17.4 Å². The van der Waals surface area contributed by atoms with Crippen LogP contribution < -0.4 is 10.1 Å². The number of nitriles is 1. The van der Waals surface area contributed by atoms with Crippen molar-refractivity contribution in [3.05, 3.63) is 77.4 Å². The van der Waals surface area contributed by atoms with Crippen molar-refractivity contribution in [2.24, 2.45) is 0 Å². The molecule has 0 saturated carbocycles. The van der Waals surface area contributed by atoms with Crippen molar-refractivity contribution < 1.29 is 9.53 Å². The van der Waals surface area contributed by atoms with E-state index in [9.17, 15) is 10.1 Å². The molecular weight excluding hydrogens is 312 g/mol. The van der Waals surface area contributed by atoms with Gasteiger partial charge >= 0.3 is 0 Å². The van der Waals surface area contributed by atoms with Crippen LogP contribution in [0.1, 0.15) is 19.4 Å². The smallest absolute Gasteiger partial charge is 0.266 e. The molecule has 0 radical (unpaired) electrons. The number of hydrogen-bond donors (Lipinski definition) is 1. The number of ether oxygens (including phenoxy) is 1. The molecule has 2 aromatic rings. The monoisotopic (exact) mass is 332 g/mol. The van der Waals surface area contributed by atoms with Crippen molar-refractivity contribution >= 4 is 17.7 Å². The van der Waals surface area contributed by atoms with E-state index in [1.807, 2.05) is 56.3 Å². The fourth-order valence-electron chi connectivity index (χ4n) is 2.23. The van der Waals surface area contributed by atoms with Crippen molar-refractivity contribution in [2.45, 2.75) is 13.8 Å². The van der Waals surface area contributed by atoms with Crippen molar-refractivity contribution in [3.8, 4) is 11.8 Å². The van der Waals surface area contributed by atoms with E-state index in [0.29, 0.717) is 12.3 Å². The maximum atomic E-state index is 12.3. The van der Waals surface area contributed by atoms with E-state index >= 15 is 0 Å². The van der Waals surface area contributed by atoms with Crippen LogP contribution in [-0.4, -0.2) is 12.5 Å². The quantitative estimate of drug-likeness (QED) is 0.478. The number of allylic oxidation sites excluding steroid dienone is 2. The van der Waals surface area contributed by atoms with Gasteiger partial charge in [-0.3, -0.25) is 4.79 Å². The summed E-state index contributed by atoms with van der Waals surface area (Å²) in [6.45, 7) is 4.35. The molecule has 0 aromatic heterocycles. The van der Waals surface area contributed by atoms with Crippen LogP contribution in [0.25, 0.3) is 6.08 Å². The largest absolute Gasteiger partial charge is 0.494 e. The highest BCUT2D eigenvalue weighted by Crippen LogP contribution is 2.17. The summed E-state index contributed by atoms with van der Waals surface area (Å²) in [4.78, 5) is 12.3. The number of carbonyl (C=O) groups excluding carboxylic acids is 1. The first-order valence-electron chi connectivity index (χ1n) is 8.01. The third kappa shape index (κ3) is 5.67. The highest BCUT2D eigenvalue weighted by molar-refractivity contribution is 6.07. The van der Waals surface area contributed by atoms with Gasteiger partial charge in [-0.1, -0.05) is 36.4 Å². The SMILES string of the molecule is CCOc1ccc(NC(=O)C(C#N)=CC(C)=Cc2ccccc2)cc1. The predicted octanol–water partition coefficient (Wildman–Crippen LogP) is 4.58. The van der Waals surface area contributed by atoms with Gasteiger partial charge in [-0.15, -0.1) is 0 Å². The number of nitrogens with one attached hydrogen (secondary N) is 1. The number of benzene rings is 2. The van der Waals surface area contributed by atoms with Crippen LogP contribution in [0.5, 0.6) is 5.75 Å². The Balaban J connectivity index is 2.10. The van der Waals surface area contributed by atoms with Gasteiger partial charge in [-0.25, -0.2) is 0 Å². The van der Waals surface area contributed by atoms with Gasteiger partial charge < -0.3 is 10.1 Å². The summed E-state index contributed by atoms with van der Waals surface area (Å²) in [5, 5.41) is 12.0. The lowest BCUT2D eigenvalue weighted by atomic mass is 10.1. The second-order valence-corrected chi connectivity index (χ2v) is 5.38. The van der Waals surface area contributed by atoms with Crippen molar-refractivity contribution in [1.82, 2.24) is 0 Å². The average molecular weight is 332 g/mol. The van der Waals surface area contributed by atoms with Crippen LogP contribution in [0.15, 0.2) is 71.8 Å². The molecule has 0 aliphatic rings. The number of rotatable bonds is 6. The van der Waals surface area contributed by atoms with Crippen LogP contribution in [0.4, 0.5) is 5.69 Å². The van der Waals surface area contributed by atoms with E-state index in [1.165, 1.54) is 0 Å². The van der Waals surface area contributed by atoms with Gasteiger partial charge in [-0.2, -0.15) is 5.26 Å². The van der Waals surface area contributed by atoms with E-state index in [4.69, 9.17) is 4.74 Å². The number of nitrogens with zero attached hydrogens (tertiary/aromatic N) is 1. The molecule has 0 bridgehead atoms. The molecule has 2 rings (SSSR count). The Morgan fingerprint density at radius 1 is 1.16 bits per heavy atom. The molecule has 0 heterocycles. The number of hydrogen-bond acceptors (Lipinski definition) is 3.